The predicted octanol–water partition coefficient (Wildman–Crippen LogP) is 1.54. The maximum absolute atomic E-state index is 12.2. The Labute approximate surface area is 142 Å². The SMILES string of the molecule is CC(OC(=O)CN(C)c1ncccn1)C(=O)NC1CCCCC1C. The molecule has 132 valence electrons. The zero-order valence-electron chi connectivity index (χ0n) is 14.6. The smallest absolute Gasteiger partial charge is 0.326 e. The second-order valence-electron chi connectivity index (χ2n) is 6.41. The molecule has 0 radical (unpaired) electrons. The van der Waals surface area contributed by atoms with E-state index >= 15 is 0 Å². The Hall–Kier alpha value is -2.18. The molecule has 1 saturated carbocycles. The number of carbonyl (C=O) groups is 2. The van der Waals surface area contributed by atoms with Crippen molar-refractivity contribution < 1.29 is 14.3 Å². The molecule has 1 amide bonds. The van der Waals surface area contributed by atoms with Crippen LogP contribution in [0.2, 0.25) is 0 Å². The lowest BCUT2D eigenvalue weighted by Gasteiger charge is -2.30. The average Bonchev–Trinajstić information content (AvgIpc) is 2.57. The van der Waals surface area contributed by atoms with Crippen LogP contribution in [0.5, 0.6) is 0 Å². The van der Waals surface area contributed by atoms with Gasteiger partial charge in [0.15, 0.2) is 6.10 Å². The van der Waals surface area contributed by atoms with Gasteiger partial charge < -0.3 is 15.0 Å². The van der Waals surface area contributed by atoms with Gasteiger partial charge in [0.05, 0.1) is 0 Å². The summed E-state index contributed by atoms with van der Waals surface area (Å²) in [5, 5.41) is 3.00. The summed E-state index contributed by atoms with van der Waals surface area (Å²) >= 11 is 0. The Bertz CT molecular complexity index is 552. The van der Waals surface area contributed by atoms with Crippen molar-refractivity contribution >= 4 is 17.8 Å². The zero-order valence-corrected chi connectivity index (χ0v) is 14.6. The van der Waals surface area contributed by atoms with E-state index in [1.165, 1.54) is 6.42 Å². The number of ether oxygens (including phenoxy) is 1. The first-order chi connectivity index (χ1) is 11.5. The van der Waals surface area contributed by atoms with Gasteiger partial charge in [-0.15, -0.1) is 0 Å². The van der Waals surface area contributed by atoms with Gasteiger partial charge >= 0.3 is 5.97 Å². The molecule has 1 N–H and O–H groups in total. The highest BCUT2D eigenvalue weighted by Crippen LogP contribution is 2.23. The van der Waals surface area contributed by atoms with Crippen LogP contribution in [0.3, 0.4) is 0 Å². The monoisotopic (exact) mass is 334 g/mol. The lowest BCUT2D eigenvalue weighted by Crippen LogP contribution is -2.46. The van der Waals surface area contributed by atoms with E-state index < -0.39 is 12.1 Å². The summed E-state index contributed by atoms with van der Waals surface area (Å²) in [5.74, 6) is 0.180. The van der Waals surface area contributed by atoms with Crippen molar-refractivity contribution in [2.45, 2.75) is 51.7 Å². The molecule has 2 rings (SSSR count). The minimum Gasteiger partial charge on any atom is -0.451 e. The third-order valence-corrected chi connectivity index (χ3v) is 4.38. The molecule has 1 aromatic rings. The normalized spacial score (nSPS) is 21.6. The Morgan fingerprint density at radius 1 is 1.33 bits per heavy atom. The lowest BCUT2D eigenvalue weighted by molar-refractivity contribution is -0.153. The molecule has 0 aromatic carbocycles. The molecule has 1 fully saturated rings. The standard InChI is InChI=1S/C17H26N4O3/c1-12-7-4-5-8-14(12)20-16(23)13(2)24-15(22)11-21(3)17-18-9-6-10-19-17/h6,9-10,12-14H,4-5,7-8,11H2,1-3H3,(H,20,23). The fraction of sp³-hybridized carbons (Fsp3) is 0.647. The molecular formula is C17H26N4O3. The third-order valence-electron chi connectivity index (χ3n) is 4.38. The zero-order chi connectivity index (χ0) is 17.5. The fourth-order valence-electron chi connectivity index (χ4n) is 2.87. The maximum Gasteiger partial charge on any atom is 0.326 e. The Kier molecular flexibility index (Phi) is 6.52. The first-order valence-corrected chi connectivity index (χ1v) is 8.45. The first-order valence-electron chi connectivity index (χ1n) is 8.45. The van der Waals surface area contributed by atoms with Gasteiger partial charge in [0.25, 0.3) is 5.91 Å². The number of carbonyl (C=O) groups excluding carboxylic acids is 2. The van der Waals surface area contributed by atoms with Crippen LogP contribution >= 0.6 is 0 Å². The number of likely N-dealkylation sites (N-methyl/N-ethyl adjacent to an activating group) is 1. The topological polar surface area (TPSA) is 84.4 Å². The molecule has 1 aliphatic carbocycles. The minimum atomic E-state index is -0.809. The molecule has 1 aromatic heterocycles. The maximum atomic E-state index is 12.2. The number of nitrogens with zero attached hydrogens (tertiary/aromatic N) is 3. The molecule has 1 aliphatic rings. The third kappa shape index (κ3) is 5.18. The largest absolute Gasteiger partial charge is 0.451 e. The van der Waals surface area contributed by atoms with Crippen LogP contribution in [-0.2, 0) is 14.3 Å². The number of nitrogens with one attached hydrogen (secondary N) is 1. The summed E-state index contributed by atoms with van der Waals surface area (Å²) in [5.41, 5.74) is 0. The highest BCUT2D eigenvalue weighted by Gasteiger charge is 2.26. The number of amides is 1. The molecule has 0 saturated heterocycles. The highest BCUT2D eigenvalue weighted by molar-refractivity contribution is 5.84. The summed E-state index contributed by atoms with van der Waals surface area (Å²) < 4.78 is 5.23. The van der Waals surface area contributed by atoms with Gasteiger partial charge in [0.2, 0.25) is 5.95 Å². The van der Waals surface area contributed by atoms with Crippen molar-refractivity contribution in [2.24, 2.45) is 5.92 Å². The van der Waals surface area contributed by atoms with Crippen LogP contribution < -0.4 is 10.2 Å². The molecule has 0 aliphatic heterocycles. The van der Waals surface area contributed by atoms with Crippen molar-refractivity contribution in [2.75, 3.05) is 18.5 Å². The number of hydrogen-bond acceptors (Lipinski definition) is 6. The first kappa shape index (κ1) is 18.2. The molecule has 0 spiro atoms. The van der Waals surface area contributed by atoms with E-state index in [9.17, 15) is 9.59 Å². The van der Waals surface area contributed by atoms with E-state index in [1.807, 2.05) is 0 Å². The molecule has 7 nitrogen and oxygen atoms in total. The minimum absolute atomic E-state index is 0.0124. The Morgan fingerprint density at radius 3 is 2.67 bits per heavy atom. The number of aromatic nitrogens is 2. The lowest BCUT2D eigenvalue weighted by atomic mass is 9.86. The van der Waals surface area contributed by atoms with Crippen molar-refractivity contribution in [3.8, 4) is 0 Å². The van der Waals surface area contributed by atoms with Crippen molar-refractivity contribution in [3.63, 3.8) is 0 Å². The van der Waals surface area contributed by atoms with Gasteiger partial charge in [-0.25, -0.2) is 9.97 Å². The second-order valence-corrected chi connectivity index (χ2v) is 6.41. The van der Waals surface area contributed by atoms with E-state index in [2.05, 4.69) is 22.2 Å². The molecular weight excluding hydrogens is 308 g/mol. The fourth-order valence-corrected chi connectivity index (χ4v) is 2.87. The summed E-state index contributed by atoms with van der Waals surface area (Å²) in [7, 11) is 1.70. The number of hydrogen-bond donors (Lipinski definition) is 1. The van der Waals surface area contributed by atoms with E-state index in [0.29, 0.717) is 11.9 Å². The number of anilines is 1. The van der Waals surface area contributed by atoms with Crippen LogP contribution in [0.4, 0.5) is 5.95 Å². The quantitative estimate of drug-likeness (QED) is 0.795. The predicted molar refractivity (Wildman–Crippen MR) is 90.4 cm³/mol. The van der Waals surface area contributed by atoms with Crippen LogP contribution in [0.25, 0.3) is 0 Å². The number of rotatable bonds is 6. The van der Waals surface area contributed by atoms with E-state index in [4.69, 9.17) is 4.74 Å². The van der Waals surface area contributed by atoms with Gasteiger partial charge in [-0.2, -0.15) is 0 Å². The van der Waals surface area contributed by atoms with Crippen molar-refractivity contribution in [1.82, 2.24) is 15.3 Å². The summed E-state index contributed by atoms with van der Waals surface area (Å²) in [6, 6.07) is 1.88. The van der Waals surface area contributed by atoms with Gasteiger partial charge in [-0.05, 0) is 31.7 Å². The molecule has 24 heavy (non-hydrogen) atoms. The van der Waals surface area contributed by atoms with Gasteiger partial charge in [-0.1, -0.05) is 19.8 Å². The Morgan fingerprint density at radius 2 is 2.00 bits per heavy atom. The van der Waals surface area contributed by atoms with E-state index in [0.717, 1.165) is 19.3 Å². The average molecular weight is 334 g/mol. The van der Waals surface area contributed by atoms with Crippen LogP contribution in [0.1, 0.15) is 39.5 Å². The molecule has 0 bridgehead atoms. The van der Waals surface area contributed by atoms with Gasteiger partial charge in [-0.3, -0.25) is 9.59 Å². The van der Waals surface area contributed by atoms with Crippen LogP contribution in [0.15, 0.2) is 18.5 Å². The molecule has 1 heterocycles. The van der Waals surface area contributed by atoms with Crippen molar-refractivity contribution in [1.29, 1.82) is 0 Å². The molecule has 7 heteroatoms. The van der Waals surface area contributed by atoms with Crippen molar-refractivity contribution in [3.05, 3.63) is 18.5 Å². The van der Waals surface area contributed by atoms with Crippen LogP contribution in [0, 0.1) is 5.92 Å². The van der Waals surface area contributed by atoms with Crippen LogP contribution in [-0.4, -0.2) is 47.6 Å². The second kappa shape index (κ2) is 8.61. The van der Waals surface area contributed by atoms with Gasteiger partial charge in [0.1, 0.15) is 6.54 Å². The summed E-state index contributed by atoms with van der Waals surface area (Å²) in [6.45, 7) is 3.73. The summed E-state index contributed by atoms with van der Waals surface area (Å²) in [6.07, 6.45) is 6.86. The van der Waals surface area contributed by atoms with E-state index in [1.54, 1.807) is 37.3 Å². The molecule has 3 atom stereocenters. The summed E-state index contributed by atoms with van der Waals surface area (Å²) in [4.78, 5) is 33.9. The highest BCUT2D eigenvalue weighted by atomic mass is 16.5. The van der Waals surface area contributed by atoms with Gasteiger partial charge in [0, 0.05) is 25.5 Å². The van der Waals surface area contributed by atoms with E-state index in [-0.39, 0.29) is 18.5 Å². The molecule has 3 unspecified atom stereocenters. The Balaban J connectivity index is 1.79. The number of esters is 1.